The maximum Gasteiger partial charge on any atom is 0.129 e. The van der Waals surface area contributed by atoms with E-state index < -0.39 is 0 Å². The number of hydrogen-bond donors (Lipinski definition) is 0. The molecule has 1 aliphatic heterocycles. The number of anilines is 1. The smallest absolute Gasteiger partial charge is 0.129 e. The molecule has 29 heavy (non-hydrogen) atoms. The second-order valence-corrected chi connectivity index (χ2v) is 7.94. The first-order chi connectivity index (χ1) is 14.2. The molecule has 146 valence electrons. The summed E-state index contributed by atoms with van der Waals surface area (Å²) in [6.07, 6.45) is 9.57. The average Bonchev–Trinajstić information content (AvgIpc) is 3.15. The van der Waals surface area contributed by atoms with Crippen LogP contribution in [0, 0.1) is 0 Å². The van der Waals surface area contributed by atoms with Gasteiger partial charge < -0.3 is 14.5 Å². The Morgan fingerprint density at radius 3 is 2.41 bits per heavy atom. The molecular weight excluding hydrogens is 358 g/mol. The number of nitrogens with zero attached hydrogens (tertiary/aromatic N) is 3. The summed E-state index contributed by atoms with van der Waals surface area (Å²) in [5.74, 6) is 1.72. The monoisotopic (exact) mass is 383 g/mol. The predicted octanol–water partition coefficient (Wildman–Crippen LogP) is 5.52. The Morgan fingerprint density at radius 2 is 1.72 bits per heavy atom. The molecule has 1 saturated carbocycles. The molecular formula is C25H25N3O. The highest BCUT2D eigenvalue weighted by molar-refractivity contribution is 5.54. The van der Waals surface area contributed by atoms with E-state index in [0.29, 0.717) is 0 Å². The van der Waals surface area contributed by atoms with E-state index in [1.807, 2.05) is 30.5 Å². The zero-order valence-electron chi connectivity index (χ0n) is 16.7. The number of rotatable bonds is 5. The summed E-state index contributed by atoms with van der Waals surface area (Å²) < 4.78 is 6.26. The quantitative estimate of drug-likeness (QED) is 0.580. The van der Waals surface area contributed by atoms with Gasteiger partial charge in [-0.2, -0.15) is 0 Å². The Kier molecular flexibility index (Phi) is 4.47. The summed E-state index contributed by atoms with van der Waals surface area (Å²) in [7, 11) is 2.07. The first kappa shape index (κ1) is 17.8. The maximum absolute atomic E-state index is 6.26. The molecule has 0 spiro atoms. The lowest BCUT2D eigenvalue weighted by atomic mass is 9.62. The van der Waals surface area contributed by atoms with Gasteiger partial charge in [0.1, 0.15) is 11.5 Å². The molecule has 4 heteroatoms. The standard InChI is InChI=1S/C25H25N3O/c1-27-15-16-28(19-27)21-8-5-10-23(18-21)29-22-9-4-7-20(17-22)25(12-6-13-25)24-11-2-3-14-26-24/h2-5,7-11,14-18H,6,12-13,19H2,1H3. The molecule has 0 saturated heterocycles. The van der Waals surface area contributed by atoms with Crippen molar-refractivity contribution in [2.45, 2.75) is 24.7 Å². The highest BCUT2D eigenvalue weighted by Gasteiger charge is 2.41. The normalized spacial score (nSPS) is 17.3. The Bertz CT molecular complexity index is 1030. The topological polar surface area (TPSA) is 28.6 Å². The molecule has 0 unspecified atom stereocenters. The van der Waals surface area contributed by atoms with Crippen molar-refractivity contribution in [3.63, 3.8) is 0 Å². The molecule has 3 aromatic rings. The van der Waals surface area contributed by atoms with Crippen molar-refractivity contribution in [2.24, 2.45) is 0 Å². The number of hydrogen-bond acceptors (Lipinski definition) is 4. The summed E-state index contributed by atoms with van der Waals surface area (Å²) in [6, 6.07) is 23.0. The van der Waals surface area contributed by atoms with E-state index in [-0.39, 0.29) is 5.41 Å². The lowest BCUT2D eigenvalue weighted by molar-refractivity contribution is 0.293. The Morgan fingerprint density at radius 1 is 0.897 bits per heavy atom. The SMILES string of the molecule is CN1C=CN(c2cccc(Oc3cccc(C4(c5ccccn5)CCC4)c3)c2)C1. The van der Waals surface area contributed by atoms with Gasteiger partial charge in [0.2, 0.25) is 0 Å². The lowest BCUT2D eigenvalue weighted by Crippen LogP contribution is -2.36. The van der Waals surface area contributed by atoms with Crippen LogP contribution in [-0.2, 0) is 5.41 Å². The fourth-order valence-electron chi connectivity index (χ4n) is 4.28. The minimum atomic E-state index is 0.0212. The summed E-state index contributed by atoms with van der Waals surface area (Å²) in [5.41, 5.74) is 3.60. The number of pyridine rings is 1. The molecule has 0 bridgehead atoms. The predicted molar refractivity (Wildman–Crippen MR) is 116 cm³/mol. The van der Waals surface area contributed by atoms with Crippen LogP contribution in [-0.4, -0.2) is 23.6 Å². The molecule has 2 aliphatic rings. The molecule has 0 atom stereocenters. The third-order valence-electron chi connectivity index (χ3n) is 6.01. The highest BCUT2D eigenvalue weighted by Crippen LogP contribution is 2.48. The first-order valence-corrected chi connectivity index (χ1v) is 10.2. The number of ether oxygens (including phenoxy) is 1. The third-order valence-corrected chi connectivity index (χ3v) is 6.01. The van der Waals surface area contributed by atoms with Crippen LogP contribution in [0.2, 0.25) is 0 Å². The van der Waals surface area contributed by atoms with Gasteiger partial charge in [-0.05, 0) is 54.8 Å². The van der Waals surface area contributed by atoms with Gasteiger partial charge in [0, 0.05) is 42.8 Å². The summed E-state index contributed by atoms with van der Waals surface area (Å²) >= 11 is 0. The number of aromatic nitrogens is 1. The maximum atomic E-state index is 6.26. The van der Waals surface area contributed by atoms with Crippen LogP contribution < -0.4 is 9.64 Å². The van der Waals surface area contributed by atoms with Crippen LogP contribution in [0.25, 0.3) is 0 Å². The lowest BCUT2D eigenvalue weighted by Gasteiger charge is -2.42. The average molecular weight is 383 g/mol. The van der Waals surface area contributed by atoms with E-state index in [1.54, 1.807) is 0 Å². The van der Waals surface area contributed by atoms with E-state index in [1.165, 1.54) is 12.0 Å². The van der Waals surface area contributed by atoms with Crippen molar-refractivity contribution in [3.8, 4) is 11.5 Å². The van der Waals surface area contributed by atoms with Gasteiger partial charge in [-0.15, -0.1) is 0 Å². The van der Waals surface area contributed by atoms with E-state index in [2.05, 4.69) is 76.7 Å². The first-order valence-electron chi connectivity index (χ1n) is 10.2. The molecule has 1 fully saturated rings. The molecule has 0 radical (unpaired) electrons. The Hall–Kier alpha value is -3.27. The van der Waals surface area contributed by atoms with Crippen LogP contribution in [0.3, 0.4) is 0 Å². The van der Waals surface area contributed by atoms with Crippen LogP contribution in [0.4, 0.5) is 5.69 Å². The van der Waals surface area contributed by atoms with E-state index in [4.69, 9.17) is 4.74 Å². The van der Waals surface area contributed by atoms with Gasteiger partial charge in [-0.25, -0.2) is 0 Å². The van der Waals surface area contributed by atoms with Gasteiger partial charge in [0.25, 0.3) is 0 Å². The molecule has 5 rings (SSSR count). The summed E-state index contributed by atoms with van der Waals surface area (Å²) in [4.78, 5) is 9.02. The minimum absolute atomic E-state index is 0.0212. The van der Waals surface area contributed by atoms with Crippen LogP contribution in [0.15, 0.2) is 85.3 Å². The van der Waals surface area contributed by atoms with Crippen molar-refractivity contribution in [2.75, 3.05) is 18.6 Å². The Labute approximate surface area is 172 Å². The van der Waals surface area contributed by atoms with Gasteiger partial charge in [-0.1, -0.05) is 30.7 Å². The zero-order chi connectivity index (χ0) is 19.7. The molecule has 2 aromatic carbocycles. The van der Waals surface area contributed by atoms with Crippen molar-refractivity contribution < 1.29 is 4.74 Å². The highest BCUT2D eigenvalue weighted by atomic mass is 16.5. The second-order valence-electron chi connectivity index (χ2n) is 7.94. The summed E-state index contributed by atoms with van der Waals surface area (Å²) in [6.45, 7) is 0.853. The zero-order valence-corrected chi connectivity index (χ0v) is 16.7. The third kappa shape index (κ3) is 3.35. The molecule has 2 heterocycles. The molecule has 0 amide bonds. The van der Waals surface area contributed by atoms with Gasteiger partial charge in [-0.3, -0.25) is 4.98 Å². The molecule has 4 nitrogen and oxygen atoms in total. The Balaban J connectivity index is 1.41. The minimum Gasteiger partial charge on any atom is -0.457 e. The molecule has 1 aliphatic carbocycles. The fraction of sp³-hybridized carbons (Fsp3) is 0.240. The van der Waals surface area contributed by atoms with Gasteiger partial charge >= 0.3 is 0 Å². The van der Waals surface area contributed by atoms with Gasteiger partial charge in [0.15, 0.2) is 0 Å². The van der Waals surface area contributed by atoms with Crippen LogP contribution in [0.5, 0.6) is 11.5 Å². The van der Waals surface area contributed by atoms with E-state index in [9.17, 15) is 0 Å². The van der Waals surface area contributed by atoms with Crippen molar-refractivity contribution in [1.82, 2.24) is 9.88 Å². The fourth-order valence-corrected chi connectivity index (χ4v) is 4.28. The van der Waals surface area contributed by atoms with Crippen molar-refractivity contribution in [1.29, 1.82) is 0 Å². The summed E-state index contributed by atoms with van der Waals surface area (Å²) in [5, 5.41) is 0. The van der Waals surface area contributed by atoms with E-state index >= 15 is 0 Å². The van der Waals surface area contributed by atoms with Crippen LogP contribution >= 0.6 is 0 Å². The van der Waals surface area contributed by atoms with Crippen molar-refractivity contribution in [3.05, 3.63) is 96.6 Å². The second kappa shape index (κ2) is 7.28. The van der Waals surface area contributed by atoms with Gasteiger partial charge in [0.05, 0.1) is 12.4 Å². The van der Waals surface area contributed by atoms with Crippen LogP contribution in [0.1, 0.15) is 30.5 Å². The van der Waals surface area contributed by atoms with E-state index in [0.717, 1.165) is 42.4 Å². The largest absolute Gasteiger partial charge is 0.457 e. The number of benzene rings is 2. The molecule has 1 aromatic heterocycles. The molecule has 0 N–H and O–H groups in total. The van der Waals surface area contributed by atoms with Crippen molar-refractivity contribution >= 4 is 5.69 Å².